The summed E-state index contributed by atoms with van der Waals surface area (Å²) >= 11 is 0. The molecule has 2 saturated heterocycles. The Morgan fingerprint density at radius 3 is 2.69 bits per heavy atom. The third kappa shape index (κ3) is 4.53. The average Bonchev–Trinajstić information content (AvgIpc) is 3.32. The van der Waals surface area contributed by atoms with Crippen molar-refractivity contribution in [2.24, 2.45) is 11.3 Å². The van der Waals surface area contributed by atoms with Crippen LogP contribution < -0.4 is 9.47 Å². The van der Waals surface area contributed by atoms with Gasteiger partial charge in [-0.25, -0.2) is 0 Å². The zero-order valence-corrected chi connectivity index (χ0v) is 21.5. The lowest BCUT2D eigenvalue weighted by Gasteiger charge is -2.54. The van der Waals surface area contributed by atoms with Gasteiger partial charge >= 0.3 is 0 Å². The summed E-state index contributed by atoms with van der Waals surface area (Å²) in [4.78, 5) is 14.9. The van der Waals surface area contributed by atoms with E-state index in [0.717, 1.165) is 49.4 Å². The quantitative estimate of drug-likeness (QED) is 0.610. The number of carbonyl (C=O) groups is 1. The molecule has 35 heavy (non-hydrogen) atoms. The number of likely N-dealkylation sites (tertiary alicyclic amines) is 1. The summed E-state index contributed by atoms with van der Waals surface area (Å²) in [7, 11) is 1.68. The molecule has 0 unspecified atom stereocenters. The van der Waals surface area contributed by atoms with Crippen LogP contribution in [0.25, 0.3) is 0 Å². The molecular formula is C27H37N3O5. The van der Waals surface area contributed by atoms with E-state index in [1.807, 2.05) is 30.9 Å². The second-order valence-corrected chi connectivity index (χ2v) is 11.2. The molecular weight excluding hydrogens is 446 g/mol. The van der Waals surface area contributed by atoms with Gasteiger partial charge in [0, 0.05) is 43.3 Å². The summed E-state index contributed by atoms with van der Waals surface area (Å²) in [5, 5.41) is 8.14. The van der Waals surface area contributed by atoms with E-state index >= 15 is 0 Å². The van der Waals surface area contributed by atoms with Crippen molar-refractivity contribution < 1.29 is 23.4 Å². The highest BCUT2D eigenvalue weighted by Gasteiger charge is 2.53. The van der Waals surface area contributed by atoms with Crippen LogP contribution in [0, 0.1) is 11.3 Å². The third-order valence-corrected chi connectivity index (χ3v) is 8.09. The summed E-state index contributed by atoms with van der Waals surface area (Å²) in [6.07, 6.45) is 3.81. The normalized spacial score (nSPS) is 24.6. The number of piperidine rings is 1. The number of carbonyl (C=O) groups excluding carboxylic acids is 1. The molecule has 1 aromatic heterocycles. The Balaban J connectivity index is 1.21. The van der Waals surface area contributed by atoms with Gasteiger partial charge in [-0.2, -0.15) is 0 Å². The van der Waals surface area contributed by atoms with Crippen molar-refractivity contribution >= 4 is 5.91 Å². The predicted molar refractivity (Wildman–Crippen MR) is 129 cm³/mol. The summed E-state index contributed by atoms with van der Waals surface area (Å²) in [5.41, 5.74) is 0.789. The minimum absolute atomic E-state index is 0.000674. The van der Waals surface area contributed by atoms with Gasteiger partial charge in [0.1, 0.15) is 5.60 Å². The average molecular weight is 484 g/mol. The summed E-state index contributed by atoms with van der Waals surface area (Å²) in [5.74, 6) is 3.31. The first-order chi connectivity index (χ1) is 16.7. The van der Waals surface area contributed by atoms with Crippen molar-refractivity contribution in [3.8, 4) is 11.5 Å². The largest absolute Gasteiger partial charge is 0.493 e. The van der Waals surface area contributed by atoms with Crippen molar-refractivity contribution in [1.29, 1.82) is 0 Å². The Hall–Kier alpha value is -2.61. The minimum atomic E-state index is -0.369. The Morgan fingerprint density at radius 2 is 2.00 bits per heavy atom. The maximum absolute atomic E-state index is 12.9. The van der Waals surface area contributed by atoms with Crippen LogP contribution in [0.4, 0.5) is 0 Å². The Morgan fingerprint density at radius 1 is 1.23 bits per heavy atom. The van der Waals surface area contributed by atoms with Crippen molar-refractivity contribution in [2.75, 3.05) is 26.8 Å². The third-order valence-electron chi connectivity index (χ3n) is 8.09. The summed E-state index contributed by atoms with van der Waals surface area (Å²) in [6.45, 7) is 10.6. The van der Waals surface area contributed by atoms with Crippen LogP contribution in [0.1, 0.15) is 82.7 Å². The fourth-order valence-electron chi connectivity index (χ4n) is 5.85. The highest BCUT2D eigenvalue weighted by atomic mass is 16.5. The van der Waals surface area contributed by atoms with E-state index in [-0.39, 0.29) is 34.9 Å². The molecule has 0 bridgehead atoms. The number of rotatable bonds is 5. The molecule has 1 aromatic carbocycles. The molecule has 8 heteroatoms. The lowest BCUT2D eigenvalue weighted by Crippen LogP contribution is -2.54. The second-order valence-electron chi connectivity index (χ2n) is 11.2. The maximum Gasteiger partial charge on any atom is 0.223 e. The summed E-state index contributed by atoms with van der Waals surface area (Å²) in [6, 6.07) is 6.04. The van der Waals surface area contributed by atoms with Crippen LogP contribution in [0.15, 0.2) is 22.6 Å². The number of hydrogen-bond donors (Lipinski definition) is 0. The van der Waals surface area contributed by atoms with E-state index in [1.54, 1.807) is 7.11 Å². The Bertz CT molecular complexity index is 1070. The van der Waals surface area contributed by atoms with Gasteiger partial charge in [0.15, 0.2) is 11.5 Å². The Kier molecular flexibility index (Phi) is 6.28. The van der Waals surface area contributed by atoms with E-state index in [2.05, 4.69) is 30.1 Å². The van der Waals surface area contributed by atoms with E-state index in [9.17, 15) is 4.79 Å². The molecule has 0 radical (unpaired) electrons. The van der Waals surface area contributed by atoms with Crippen LogP contribution in [0.5, 0.6) is 11.5 Å². The molecule has 0 saturated carbocycles. The van der Waals surface area contributed by atoms with Crippen molar-refractivity contribution in [2.45, 2.75) is 77.4 Å². The molecule has 1 amide bonds. The predicted octanol–water partition coefficient (Wildman–Crippen LogP) is 4.69. The molecule has 190 valence electrons. The van der Waals surface area contributed by atoms with Crippen molar-refractivity contribution in [3.05, 3.63) is 35.5 Å². The molecule has 5 rings (SSSR count). The molecule has 0 aliphatic carbocycles. The number of amides is 1. The molecule has 2 atom stereocenters. The number of para-hydroxylation sites is 1. The number of hydrogen-bond acceptors (Lipinski definition) is 7. The molecule has 3 aliphatic rings. The number of aryl methyl sites for hydroxylation is 1. The monoisotopic (exact) mass is 483 g/mol. The summed E-state index contributed by atoms with van der Waals surface area (Å²) < 4.78 is 24.3. The van der Waals surface area contributed by atoms with Gasteiger partial charge in [0.05, 0.1) is 19.8 Å². The second kappa shape index (κ2) is 9.12. The number of aromatic nitrogens is 2. The molecule has 3 aliphatic heterocycles. The SMILES string of the molecule is COc1cccc2c1OC(C)(C)[C@H]1CC3(CCN(C(=O)CCc4nnc(C(C)C)o4)CC3)CO[C@H]21. The van der Waals surface area contributed by atoms with Crippen LogP contribution >= 0.6 is 0 Å². The van der Waals surface area contributed by atoms with Crippen LogP contribution in [0.3, 0.4) is 0 Å². The van der Waals surface area contributed by atoms with Crippen LogP contribution in [-0.2, 0) is 16.0 Å². The van der Waals surface area contributed by atoms with E-state index in [4.69, 9.17) is 18.6 Å². The molecule has 1 spiro atoms. The zero-order chi connectivity index (χ0) is 24.8. The van der Waals surface area contributed by atoms with E-state index in [0.29, 0.717) is 31.2 Å². The fraction of sp³-hybridized carbons (Fsp3) is 0.667. The molecule has 4 heterocycles. The fourth-order valence-corrected chi connectivity index (χ4v) is 5.85. The van der Waals surface area contributed by atoms with Gasteiger partial charge in [0.25, 0.3) is 0 Å². The molecule has 2 aromatic rings. The van der Waals surface area contributed by atoms with Gasteiger partial charge in [-0.05, 0) is 44.6 Å². The van der Waals surface area contributed by atoms with E-state index in [1.165, 1.54) is 0 Å². The highest BCUT2D eigenvalue weighted by Crippen LogP contribution is 2.57. The molecule has 8 nitrogen and oxygen atoms in total. The first-order valence-electron chi connectivity index (χ1n) is 12.8. The van der Waals surface area contributed by atoms with Gasteiger partial charge in [-0.15, -0.1) is 10.2 Å². The van der Waals surface area contributed by atoms with E-state index < -0.39 is 0 Å². The highest BCUT2D eigenvalue weighted by molar-refractivity contribution is 5.76. The Labute approximate surface area is 207 Å². The molecule has 2 fully saturated rings. The number of fused-ring (bicyclic) bond motifs is 3. The lowest BCUT2D eigenvalue weighted by atomic mass is 9.64. The van der Waals surface area contributed by atoms with Gasteiger partial charge < -0.3 is 23.5 Å². The maximum atomic E-state index is 12.9. The van der Waals surface area contributed by atoms with Crippen LogP contribution in [0.2, 0.25) is 0 Å². The standard InChI is InChI=1S/C27H37N3O5/c1-17(2)25-29-28-21(34-25)9-10-22(31)30-13-11-27(12-14-30)15-19-23(33-16-27)18-7-6-8-20(32-5)24(18)35-26(19,3)4/h6-8,17,19,23H,9-16H2,1-5H3/t19-,23+/m0/s1. The zero-order valence-electron chi connectivity index (χ0n) is 21.5. The number of benzene rings is 1. The first kappa shape index (κ1) is 24.1. The van der Waals surface area contributed by atoms with Crippen LogP contribution in [-0.4, -0.2) is 53.4 Å². The van der Waals surface area contributed by atoms with Crippen molar-refractivity contribution in [1.82, 2.24) is 15.1 Å². The van der Waals surface area contributed by atoms with Crippen molar-refractivity contribution in [3.63, 3.8) is 0 Å². The van der Waals surface area contributed by atoms with Gasteiger partial charge in [0.2, 0.25) is 17.7 Å². The number of methoxy groups -OCH3 is 1. The molecule has 0 N–H and O–H groups in total. The topological polar surface area (TPSA) is 86.9 Å². The number of ether oxygens (including phenoxy) is 3. The smallest absolute Gasteiger partial charge is 0.223 e. The lowest BCUT2D eigenvalue weighted by molar-refractivity contribution is -0.176. The van der Waals surface area contributed by atoms with Gasteiger partial charge in [-0.1, -0.05) is 26.0 Å². The number of nitrogens with zero attached hydrogens (tertiary/aromatic N) is 3. The minimum Gasteiger partial charge on any atom is -0.493 e. The first-order valence-corrected chi connectivity index (χ1v) is 12.8. The van der Waals surface area contributed by atoms with Gasteiger partial charge in [-0.3, -0.25) is 4.79 Å².